The molecule has 0 bridgehead atoms. The summed E-state index contributed by atoms with van der Waals surface area (Å²) in [6.45, 7) is 6.16. The van der Waals surface area contributed by atoms with E-state index in [0.717, 1.165) is 135 Å². The monoisotopic (exact) mass is 961 g/mol. The van der Waals surface area contributed by atoms with Crippen molar-refractivity contribution in [3.8, 4) is 0 Å². The number of allylic oxidation sites excluding steroid dienone is 28. The third-order valence-corrected chi connectivity index (χ3v) is 10.6. The quantitative estimate of drug-likeness (QED) is 0.0199. The lowest BCUT2D eigenvalue weighted by atomic mass is 10.1. The van der Waals surface area contributed by atoms with Crippen molar-refractivity contribution in [3.05, 3.63) is 170 Å². The molecule has 0 aliphatic rings. The van der Waals surface area contributed by atoms with Gasteiger partial charge in [-0.05, 0) is 116 Å². The van der Waals surface area contributed by atoms with Crippen LogP contribution in [0.1, 0.15) is 194 Å². The van der Waals surface area contributed by atoms with E-state index in [1.54, 1.807) is 0 Å². The fourth-order valence-corrected chi connectivity index (χ4v) is 6.63. The predicted molar refractivity (Wildman–Crippen MR) is 301 cm³/mol. The lowest BCUT2D eigenvalue weighted by molar-refractivity contribution is -0.167. The maximum atomic E-state index is 12.8. The third-order valence-electron chi connectivity index (χ3n) is 10.6. The predicted octanol–water partition coefficient (Wildman–Crippen LogP) is 18.4. The van der Waals surface area contributed by atoms with E-state index in [1.165, 1.54) is 12.8 Å². The minimum absolute atomic E-state index is 0.123. The summed E-state index contributed by atoms with van der Waals surface area (Å²) in [6, 6.07) is 0. The molecule has 0 amide bonds. The Labute approximate surface area is 428 Å². The second-order valence-corrected chi connectivity index (χ2v) is 17.1. The number of hydrogen-bond acceptors (Lipinski definition) is 6. The van der Waals surface area contributed by atoms with E-state index in [9.17, 15) is 14.4 Å². The van der Waals surface area contributed by atoms with Gasteiger partial charge < -0.3 is 14.2 Å². The molecule has 0 heterocycles. The van der Waals surface area contributed by atoms with Crippen LogP contribution in [0.25, 0.3) is 0 Å². The molecule has 6 nitrogen and oxygen atoms in total. The van der Waals surface area contributed by atoms with Gasteiger partial charge in [0.15, 0.2) is 6.10 Å². The van der Waals surface area contributed by atoms with Crippen molar-refractivity contribution in [2.75, 3.05) is 13.2 Å². The Morgan fingerprint density at radius 3 is 0.986 bits per heavy atom. The molecule has 1 atom stereocenters. The average Bonchev–Trinajstić information content (AvgIpc) is 3.36. The highest BCUT2D eigenvalue weighted by Crippen LogP contribution is 2.12. The fourth-order valence-electron chi connectivity index (χ4n) is 6.63. The zero-order valence-corrected chi connectivity index (χ0v) is 44.2. The Hall–Kier alpha value is -5.23. The number of rotatable bonds is 46. The average molecular weight is 961 g/mol. The summed E-state index contributed by atoms with van der Waals surface area (Å²) in [4.78, 5) is 38.1. The lowest BCUT2D eigenvalue weighted by Crippen LogP contribution is -2.30. The number of esters is 3. The molecule has 0 spiro atoms. The number of ether oxygens (including phenoxy) is 3. The van der Waals surface area contributed by atoms with Gasteiger partial charge in [-0.25, -0.2) is 0 Å². The van der Waals surface area contributed by atoms with Crippen molar-refractivity contribution in [2.24, 2.45) is 0 Å². The summed E-state index contributed by atoms with van der Waals surface area (Å²) < 4.78 is 16.8. The molecule has 0 N–H and O–H groups in total. The second kappa shape index (κ2) is 56.4. The highest BCUT2D eigenvalue weighted by molar-refractivity contribution is 5.71. The smallest absolute Gasteiger partial charge is 0.306 e. The van der Waals surface area contributed by atoms with Gasteiger partial charge in [0.05, 0.1) is 0 Å². The first kappa shape index (κ1) is 64.8. The van der Waals surface area contributed by atoms with Gasteiger partial charge in [0.25, 0.3) is 0 Å². The van der Waals surface area contributed by atoms with Crippen molar-refractivity contribution in [1.82, 2.24) is 0 Å². The van der Waals surface area contributed by atoms with Crippen molar-refractivity contribution in [2.45, 2.75) is 200 Å². The van der Waals surface area contributed by atoms with Gasteiger partial charge in [-0.15, -0.1) is 0 Å². The Kier molecular flexibility index (Phi) is 52.1. The topological polar surface area (TPSA) is 78.9 Å². The van der Waals surface area contributed by atoms with E-state index in [-0.39, 0.29) is 37.5 Å². The molecule has 1 unspecified atom stereocenters. The first-order chi connectivity index (χ1) is 34.5. The molecule has 388 valence electrons. The summed E-state index contributed by atoms with van der Waals surface area (Å²) >= 11 is 0. The van der Waals surface area contributed by atoms with E-state index in [0.29, 0.717) is 19.3 Å². The Morgan fingerprint density at radius 2 is 0.586 bits per heavy atom. The van der Waals surface area contributed by atoms with Crippen LogP contribution >= 0.6 is 0 Å². The summed E-state index contributed by atoms with van der Waals surface area (Å²) in [6.07, 6.45) is 83.3. The van der Waals surface area contributed by atoms with Crippen LogP contribution < -0.4 is 0 Å². The van der Waals surface area contributed by atoms with Crippen molar-refractivity contribution in [3.63, 3.8) is 0 Å². The number of unbranched alkanes of at least 4 members (excludes halogenated alkanes) is 12. The molecule has 0 saturated carbocycles. The number of carbonyl (C=O) groups is 3. The molecule has 0 aliphatic carbocycles. The SMILES string of the molecule is CC\C=C/C=C\C=C/C=C\C=C\C=C/CCCCCC(=O)OC(COC(=O)CCCCC/C=C\C/C=C\C/C=C\C/C=C\C/C=C\CC)COC(=O)CCCCCCCC/C=C\C/C=C\C/C=C\CC. The van der Waals surface area contributed by atoms with Gasteiger partial charge >= 0.3 is 17.9 Å². The molecule has 6 heteroatoms. The van der Waals surface area contributed by atoms with Crippen LogP contribution in [0.3, 0.4) is 0 Å². The highest BCUT2D eigenvalue weighted by atomic mass is 16.6. The minimum atomic E-state index is -0.831. The van der Waals surface area contributed by atoms with Crippen molar-refractivity contribution < 1.29 is 28.6 Å². The van der Waals surface area contributed by atoms with E-state index < -0.39 is 6.10 Å². The van der Waals surface area contributed by atoms with Gasteiger partial charge in [-0.3, -0.25) is 14.4 Å². The minimum Gasteiger partial charge on any atom is -0.462 e. The van der Waals surface area contributed by atoms with E-state index in [1.807, 2.05) is 60.8 Å². The molecule has 0 aliphatic heterocycles. The first-order valence-corrected chi connectivity index (χ1v) is 27.2. The van der Waals surface area contributed by atoms with Crippen molar-refractivity contribution >= 4 is 17.9 Å². The lowest BCUT2D eigenvalue weighted by Gasteiger charge is -2.18. The van der Waals surface area contributed by atoms with Crippen LogP contribution in [0, 0.1) is 0 Å². The zero-order chi connectivity index (χ0) is 50.7. The summed E-state index contributed by atoms with van der Waals surface area (Å²) in [5.74, 6) is -1.03. The summed E-state index contributed by atoms with van der Waals surface area (Å²) in [5, 5.41) is 0. The number of hydrogen-bond donors (Lipinski definition) is 0. The molecule has 70 heavy (non-hydrogen) atoms. The molecule has 0 aromatic carbocycles. The van der Waals surface area contributed by atoms with E-state index >= 15 is 0 Å². The van der Waals surface area contributed by atoms with E-state index in [2.05, 4.69) is 130 Å². The molecule has 0 rings (SSSR count). The zero-order valence-electron chi connectivity index (χ0n) is 44.2. The van der Waals surface area contributed by atoms with Gasteiger partial charge in [0, 0.05) is 19.3 Å². The molecular formula is C64H96O6. The van der Waals surface area contributed by atoms with Gasteiger partial charge in [-0.2, -0.15) is 0 Å². The van der Waals surface area contributed by atoms with Crippen LogP contribution in [-0.4, -0.2) is 37.2 Å². The van der Waals surface area contributed by atoms with Crippen LogP contribution in [-0.2, 0) is 28.6 Å². The Morgan fingerprint density at radius 1 is 0.300 bits per heavy atom. The maximum absolute atomic E-state index is 12.8. The van der Waals surface area contributed by atoms with Crippen molar-refractivity contribution in [1.29, 1.82) is 0 Å². The van der Waals surface area contributed by atoms with Gasteiger partial charge in [0.1, 0.15) is 13.2 Å². The molecule has 0 saturated heterocycles. The summed E-state index contributed by atoms with van der Waals surface area (Å²) in [5.41, 5.74) is 0. The third kappa shape index (κ3) is 53.7. The molecule has 0 radical (unpaired) electrons. The largest absolute Gasteiger partial charge is 0.462 e. The molecule has 0 fully saturated rings. The molecular weight excluding hydrogens is 865 g/mol. The van der Waals surface area contributed by atoms with Gasteiger partial charge in [-0.1, -0.05) is 229 Å². The van der Waals surface area contributed by atoms with Crippen LogP contribution in [0.5, 0.6) is 0 Å². The standard InChI is InChI=1S/C64H96O6/c1-4-7-10-13-16-19-22-25-28-31-32-34-36-39-42-45-48-51-54-57-63(66)69-60-61(59-68-62(65)56-53-50-47-44-41-38-35-30-27-24-21-18-15-12-9-6-3)70-64(67)58-55-52-49-46-43-40-37-33-29-26-23-20-17-14-11-8-5-2/h7-12,14,16-21,23,25-30,32-34,37,39-40,42-43,61H,4-6,13,15,22,24,31,35-36,38,41,44-60H2,1-3H3/b10-7-,11-8-,12-9-,17-14-,19-16-,21-18-,23-20-,28-25-,29-26-,30-27-,34-32-,37-33+,42-39-,43-40-. The first-order valence-electron chi connectivity index (χ1n) is 27.2. The Bertz CT molecular complexity index is 1670. The van der Waals surface area contributed by atoms with Crippen LogP contribution in [0.15, 0.2) is 170 Å². The molecule has 0 aromatic heterocycles. The summed E-state index contributed by atoms with van der Waals surface area (Å²) in [7, 11) is 0. The van der Waals surface area contributed by atoms with Gasteiger partial charge in [0.2, 0.25) is 0 Å². The number of carbonyl (C=O) groups excluding carboxylic acids is 3. The second-order valence-electron chi connectivity index (χ2n) is 17.1. The highest BCUT2D eigenvalue weighted by Gasteiger charge is 2.19. The molecule has 0 aromatic rings. The van der Waals surface area contributed by atoms with Crippen LogP contribution in [0.2, 0.25) is 0 Å². The van der Waals surface area contributed by atoms with Crippen LogP contribution in [0.4, 0.5) is 0 Å². The normalized spacial score (nSPS) is 13.5. The maximum Gasteiger partial charge on any atom is 0.306 e. The fraction of sp³-hybridized carbons (Fsp3) is 0.516. The Balaban J connectivity index is 4.61. The van der Waals surface area contributed by atoms with E-state index in [4.69, 9.17) is 14.2 Å².